The summed E-state index contributed by atoms with van der Waals surface area (Å²) in [4.78, 5) is 18.2. The van der Waals surface area contributed by atoms with Crippen LogP contribution in [-0.2, 0) is 0 Å². The van der Waals surface area contributed by atoms with E-state index >= 15 is 0 Å². The Morgan fingerprint density at radius 2 is 0.768 bits per heavy atom. The van der Waals surface area contributed by atoms with Crippen molar-refractivity contribution in [1.29, 1.82) is 0 Å². The molecule has 0 aliphatic carbocycles. The Hall–Kier alpha value is -10.8. The fraction of sp³-hybridized carbons (Fsp3) is 0.0133. The number of aryl methyl sites for hydroxylation is 1. The van der Waals surface area contributed by atoms with Crippen molar-refractivity contribution in [1.82, 2.24) is 29.1 Å². The molecule has 0 aliphatic rings. The van der Waals surface area contributed by atoms with Gasteiger partial charge in [0, 0.05) is 100 Å². The number of benzene rings is 8. The van der Waals surface area contributed by atoms with E-state index in [2.05, 4.69) is 220 Å². The van der Waals surface area contributed by atoms with E-state index in [4.69, 9.17) is 15.0 Å². The van der Waals surface area contributed by atoms with Gasteiger partial charge in [-0.3, -0.25) is 19.9 Å². The van der Waals surface area contributed by atoms with Gasteiger partial charge in [0.25, 0.3) is 0 Å². The lowest BCUT2D eigenvalue weighted by Gasteiger charge is -2.12. The van der Waals surface area contributed by atoms with Gasteiger partial charge in [0.15, 0.2) is 0 Å². The number of fused-ring (bicyclic) bond motifs is 9. The first-order valence-electron chi connectivity index (χ1n) is 27.4. The standard InChI is InChI=1S/C69H41N5S.C6H7N/c1-4-18-52(61-22-9-12-36-70-61)49(15-1)44-26-31-65-56(39-44)55-21-7-8-25-64(55)73(65)47-29-34-68-59(42-47)60-43-48(30-35-69(60)75-68)74-66-32-27-45(50-16-2-5-19-53(50)62-23-10-13-37-71-62)40-57(66)58-41-46(28-33-67(58)74)51-17-3-6-20-54(51)63-24-11-14-38-72-63;1-6-4-2-3-5-7-6/h1-5,7-19,21-43H;2-5H,1H3. The topological polar surface area (TPSA) is 61.4 Å². The fourth-order valence-electron chi connectivity index (χ4n) is 11.8. The highest BCUT2D eigenvalue weighted by Gasteiger charge is 2.20. The van der Waals surface area contributed by atoms with E-state index in [1.807, 2.05) is 91.4 Å². The summed E-state index contributed by atoms with van der Waals surface area (Å²) in [6.45, 7) is 1.97. The van der Waals surface area contributed by atoms with Crippen LogP contribution in [0.5, 0.6) is 0 Å². The third-order valence-electron chi connectivity index (χ3n) is 15.6. The minimum atomic E-state index is 0.866. The zero-order valence-corrected chi connectivity index (χ0v) is 45.4. The Bertz CT molecular complexity index is 4900. The maximum Gasteiger partial charge on any atom is 0.0792 e. The number of rotatable bonds is 8. The average molecular weight is 1070 g/mol. The Labute approximate surface area is 478 Å². The van der Waals surface area contributed by atoms with E-state index < -0.39 is 0 Å². The molecular weight excluding hydrogens is 1020 g/mol. The van der Waals surface area contributed by atoms with E-state index in [-0.39, 0.29) is 0 Å². The lowest BCUT2D eigenvalue weighted by atomic mass is 9.95. The lowest BCUT2D eigenvalue weighted by molar-refractivity contribution is 1.18. The zero-order chi connectivity index (χ0) is 54.5. The quantitative estimate of drug-likeness (QED) is 0.152. The molecule has 384 valence electrons. The van der Waals surface area contributed by atoms with Crippen molar-refractivity contribution in [3.63, 3.8) is 0 Å². The van der Waals surface area contributed by atoms with Crippen LogP contribution in [-0.4, -0.2) is 29.1 Å². The molecule has 82 heavy (non-hydrogen) atoms. The van der Waals surface area contributed by atoms with Crippen LogP contribution in [0.2, 0.25) is 0 Å². The number of hydrogen-bond acceptors (Lipinski definition) is 5. The van der Waals surface area contributed by atoms with Crippen molar-refractivity contribution >= 4 is 75.1 Å². The van der Waals surface area contributed by atoms with Gasteiger partial charge in [0.1, 0.15) is 0 Å². The van der Waals surface area contributed by atoms with Gasteiger partial charge in [-0.1, -0.05) is 121 Å². The molecule has 0 amide bonds. The van der Waals surface area contributed by atoms with Gasteiger partial charge >= 0.3 is 0 Å². The molecule has 0 N–H and O–H groups in total. The van der Waals surface area contributed by atoms with Crippen molar-refractivity contribution in [2.45, 2.75) is 6.92 Å². The van der Waals surface area contributed by atoms with Crippen LogP contribution in [0.1, 0.15) is 5.69 Å². The van der Waals surface area contributed by atoms with Crippen LogP contribution in [0.15, 0.2) is 274 Å². The summed E-state index contributed by atoms with van der Waals surface area (Å²) in [5.74, 6) is 0. The molecule has 0 aliphatic heterocycles. The monoisotopic (exact) mass is 1060 g/mol. The first-order valence-corrected chi connectivity index (χ1v) is 28.2. The molecule has 0 fully saturated rings. The summed E-state index contributed by atoms with van der Waals surface area (Å²) < 4.78 is 7.38. The van der Waals surface area contributed by atoms with Crippen LogP contribution in [0, 0.1) is 19.1 Å². The average Bonchev–Trinajstić information content (AvgIpc) is 4.38. The van der Waals surface area contributed by atoms with E-state index in [0.29, 0.717) is 0 Å². The van der Waals surface area contributed by atoms with Gasteiger partial charge in [-0.05, 0) is 174 Å². The van der Waals surface area contributed by atoms with Gasteiger partial charge in [-0.25, -0.2) is 0 Å². The van der Waals surface area contributed by atoms with Crippen LogP contribution in [0.25, 0.3) is 142 Å². The van der Waals surface area contributed by atoms with Gasteiger partial charge in [-0.2, -0.15) is 0 Å². The summed E-state index contributed by atoms with van der Waals surface area (Å²) in [5, 5.41) is 7.22. The highest BCUT2D eigenvalue weighted by atomic mass is 32.1. The molecule has 7 aromatic heterocycles. The van der Waals surface area contributed by atoms with Crippen LogP contribution in [0.3, 0.4) is 0 Å². The summed E-state index contributed by atoms with van der Waals surface area (Å²) in [5.41, 5.74) is 20.6. The fourth-order valence-corrected chi connectivity index (χ4v) is 12.9. The zero-order valence-electron chi connectivity index (χ0n) is 44.6. The largest absolute Gasteiger partial charge is 0.309 e. The number of hydrogen-bond donors (Lipinski definition) is 0. The van der Waals surface area contributed by atoms with Gasteiger partial charge < -0.3 is 9.13 Å². The number of pyridine rings is 4. The third-order valence-corrected chi connectivity index (χ3v) is 16.7. The number of nitrogens with zero attached hydrogens (tertiary/aromatic N) is 6. The highest BCUT2D eigenvalue weighted by Crippen LogP contribution is 2.44. The van der Waals surface area contributed by atoms with E-state index in [0.717, 1.165) is 101 Å². The molecule has 0 saturated carbocycles. The molecule has 16 aromatic rings. The van der Waals surface area contributed by atoms with Gasteiger partial charge in [-0.15, -0.1) is 11.3 Å². The van der Waals surface area contributed by atoms with E-state index in [1.165, 1.54) is 47.4 Å². The first kappa shape index (κ1) is 48.4. The molecule has 6 nitrogen and oxygen atoms in total. The summed E-state index contributed by atoms with van der Waals surface area (Å²) in [7, 11) is 0. The van der Waals surface area contributed by atoms with Gasteiger partial charge in [0.2, 0.25) is 0 Å². The van der Waals surface area contributed by atoms with E-state index in [1.54, 1.807) is 6.20 Å². The van der Waals surface area contributed by atoms with Crippen LogP contribution in [0.4, 0.5) is 0 Å². The molecule has 0 atom stereocenters. The molecule has 7 heteroatoms. The second-order valence-corrected chi connectivity index (χ2v) is 21.5. The predicted molar refractivity (Wildman–Crippen MR) is 341 cm³/mol. The van der Waals surface area contributed by atoms with Crippen LogP contribution < -0.4 is 0 Å². The molecule has 0 spiro atoms. The van der Waals surface area contributed by atoms with E-state index in [9.17, 15) is 0 Å². The van der Waals surface area contributed by atoms with Crippen molar-refractivity contribution in [2.24, 2.45) is 0 Å². The summed E-state index contributed by atoms with van der Waals surface area (Å²) in [6, 6.07) is 95.3. The molecule has 16 rings (SSSR count). The van der Waals surface area contributed by atoms with Crippen molar-refractivity contribution in [3.8, 4) is 78.5 Å². The second-order valence-electron chi connectivity index (χ2n) is 20.4. The van der Waals surface area contributed by atoms with Crippen LogP contribution >= 0.6 is 11.3 Å². The maximum atomic E-state index is 4.77. The normalized spacial score (nSPS) is 11.4. The first-order chi connectivity index (χ1) is 40.6. The Balaban J connectivity index is 0.000000768. The molecule has 0 bridgehead atoms. The number of thiophene rings is 1. The number of para-hydroxylation sites is 1. The molecule has 9 aromatic carbocycles. The Kier molecular flexibility index (Phi) is 12.1. The predicted octanol–water partition coefficient (Wildman–Crippen LogP) is 19.4. The maximum absolute atomic E-state index is 4.77. The molecule has 0 radical (unpaired) electrons. The molecule has 7 heterocycles. The highest BCUT2D eigenvalue weighted by molar-refractivity contribution is 7.25. The van der Waals surface area contributed by atoms with Crippen molar-refractivity contribution in [3.05, 3.63) is 291 Å². The minimum absolute atomic E-state index is 0.866. The third kappa shape index (κ3) is 8.54. The van der Waals surface area contributed by atoms with Crippen molar-refractivity contribution < 1.29 is 0 Å². The van der Waals surface area contributed by atoms with Crippen molar-refractivity contribution in [2.75, 3.05) is 0 Å². The molecular formula is C75H48N6S. The van der Waals surface area contributed by atoms with Gasteiger partial charge in [0.05, 0.1) is 44.7 Å². The molecule has 0 unspecified atom stereocenters. The Morgan fingerprint density at radius 3 is 1.26 bits per heavy atom. The molecule has 0 saturated heterocycles. The summed E-state index contributed by atoms with van der Waals surface area (Å²) in [6.07, 6.45) is 7.35. The SMILES string of the molecule is Cc1ccccn1.c1ccc(-c2ccc3c(c2)c2cc(-c4ccccc4-c4ccccn4)ccc2n3-c2ccc3sc4ccc(-n5c6ccccc6c6cc(-c7ccccc7-c7ccccn7)ccc65)cc4c3c2)c(-c2ccccn2)c#1. The lowest BCUT2D eigenvalue weighted by Crippen LogP contribution is -1.94. The summed E-state index contributed by atoms with van der Waals surface area (Å²) >= 11 is 1.85. The Morgan fingerprint density at radius 1 is 0.329 bits per heavy atom. The second kappa shape index (κ2) is 20.5. The number of aromatic nitrogens is 6. The minimum Gasteiger partial charge on any atom is -0.309 e. The smallest absolute Gasteiger partial charge is 0.0792 e.